The molecule has 0 aliphatic rings. The Morgan fingerprint density at radius 1 is 1.33 bits per heavy atom. The summed E-state index contributed by atoms with van der Waals surface area (Å²) in [6, 6.07) is 8.07. The van der Waals surface area contributed by atoms with Gasteiger partial charge in [-0.1, -0.05) is 26.0 Å². The van der Waals surface area contributed by atoms with Gasteiger partial charge in [0.15, 0.2) is 5.92 Å². The first kappa shape index (κ1) is 14.4. The number of nitriles is 1. The average molecular weight is 257 g/mol. The Morgan fingerprint density at radius 3 is 2.50 bits per heavy atom. The van der Waals surface area contributed by atoms with Gasteiger partial charge < -0.3 is 4.74 Å². The summed E-state index contributed by atoms with van der Waals surface area (Å²) < 4.78 is 42.0. The Bertz CT molecular complexity index is 435. The molecule has 0 aromatic heterocycles. The fraction of sp³-hybridized carbons (Fsp3) is 0.462. The molecule has 0 fully saturated rings. The molecule has 0 aliphatic heterocycles. The van der Waals surface area contributed by atoms with Gasteiger partial charge in [-0.3, -0.25) is 0 Å². The van der Waals surface area contributed by atoms with Gasteiger partial charge in [-0.15, -0.1) is 0 Å². The molecular weight excluding hydrogens is 243 g/mol. The van der Waals surface area contributed by atoms with Gasteiger partial charge in [0, 0.05) is 0 Å². The second kappa shape index (κ2) is 5.76. The first-order valence-corrected chi connectivity index (χ1v) is 5.53. The number of hydrogen-bond donors (Lipinski definition) is 0. The number of benzene rings is 1. The topological polar surface area (TPSA) is 33.0 Å². The van der Waals surface area contributed by atoms with Crippen LogP contribution in [0.25, 0.3) is 0 Å². The minimum Gasteiger partial charge on any atom is -0.492 e. The van der Waals surface area contributed by atoms with Gasteiger partial charge in [0.05, 0.1) is 6.07 Å². The van der Waals surface area contributed by atoms with E-state index in [1.165, 1.54) is 6.07 Å². The van der Waals surface area contributed by atoms with Crippen LogP contribution in [0, 0.1) is 17.2 Å². The third-order valence-electron chi connectivity index (χ3n) is 2.49. The van der Waals surface area contributed by atoms with Crippen LogP contribution in [0.1, 0.15) is 25.3 Å². The van der Waals surface area contributed by atoms with E-state index in [2.05, 4.69) is 0 Å². The highest BCUT2D eigenvalue weighted by molar-refractivity contribution is 5.30. The lowest BCUT2D eigenvalue weighted by atomic mass is 10.0. The van der Waals surface area contributed by atoms with Crippen molar-refractivity contribution in [2.24, 2.45) is 5.92 Å². The predicted molar refractivity (Wildman–Crippen MR) is 61.2 cm³/mol. The lowest BCUT2D eigenvalue weighted by Crippen LogP contribution is -2.27. The van der Waals surface area contributed by atoms with E-state index in [1.807, 2.05) is 19.9 Å². The van der Waals surface area contributed by atoms with Crippen molar-refractivity contribution in [1.29, 1.82) is 5.26 Å². The maximum absolute atomic E-state index is 12.3. The Kier molecular flexibility index (Phi) is 4.60. The van der Waals surface area contributed by atoms with E-state index in [-0.39, 0.29) is 5.92 Å². The van der Waals surface area contributed by atoms with E-state index >= 15 is 0 Å². The monoisotopic (exact) mass is 257 g/mol. The van der Waals surface area contributed by atoms with Crippen LogP contribution in [0.3, 0.4) is 0 Å². The van der Waals surface area contributed by atoms with Gasteiger partial charge in [0.25, 0.3) is 0 Å². The van der Waals surface area contributed by atoms with E-state index in [9.17, 15) is 13.2 Å². The van der Waals surface area contributed by atoms with Gasteiger partial charge >= 0.3 is 6.18 Å². The van der Waals surface area contributed by atoms with E-state index in [4.69, 9.17) is 10.00 Å². The number of rotatable bonds is 4. The molecule has 18 heavy (non-hydrogen) atoms. The molecule has 0 bridgehead atoms. The fourth-order valence-electron chi connectivity index (χ4n) is 1.35. The van der Waals surface area contributed by atoms with Crippen molar-refractivity contribution in [2.45, 2.75) is 25.9 Å². The third-order valence-corrected chi connectivity index (χ3v) is 2.49. The second-order valence-corrected chi connectivity index (χ2v) is 4.26. The number of halogens is 3. The molecule has 0 N–H and O–H groups in total. The van der Waals surface area contributed by atoms with Crippen molar-refractivity contribution >= 4 is 0 Å². The molecule has 0 spiro atoms. The summed E-state index contributed by atoms with van der Waals surface area (Å²) >= 11 is 0. The Balaban J connectivity index is 2.69. The molecule has 1 unspecified atom stereocenters. The highest BCUT2D eigenvalue weighted by Gasteiger charge is 2.40. The summed E-state index contributed by atoms with van der Waals surface area (Å²) in [4.78, 5) is 0. The largest absolute Gasteiger partial charge is 0.492 e. The second-order valence-electron chi connectivity index (χ2n) is 4.26. The average Bonchev–Trinajstić information content (AvgIpc) is 2.28. The van der Waals surface area contributed by atoms with E-state index in [0.717, 1.165) is 5.56 Å². The van der Waals surface area contributed by atoms with E-state index < -0.39 is 18.7 Å². The highest BCUT2D eigenvalue weighted by Crippen LogP contribution is 2.27. The van der Waals surface area contributed by atoms with Crippen LogP contribution in [0.15, 0.2) is 24.3 Å². The van der Waals surface area contributed by atoms with Crippen LogP contribution in [0.4, 0.5) is 13.2 Å². The van der Waals surface area contributed by atoms with Crippen LogP contribution in [-0.4, -0.2) is 12.8 Å². The molecule has 2 nitrogen and oxygen atoms in total. The number of alkyl halides is 3. The lowest BCUT2D eigenvalue weighted by molar-refractivity contribution is -0.165. The van der Waals surface area contributed by atoms with Gasteiger partial charge in [0.2, 0.25) is 0 Å². The summed E-state index contributed by atoms with van der Waals surface area (Å²) in [6.45, 7) is 3.28. The fourth-order valence-corrected chi connectivity index (χ4v) is 1.35. The minimum absolute atomic E-state index is 0.267. The van der Waals surface area contributed by atoms with Gasteiger partial charge in [-0.05, 0) is 23.6 Å². The zero-order chi connectivity index (χ0) is 13.8. The smallest absolute Gasteiger partial charge is 0.407 e. The maximum atomic E-state index is 12.3. The van der Waals surface area contributed by atoms with Crippen LogP contribution in [0.2, 0.25) is 0 Å². The molecular formula is C13H14F3NO. The van der Waals surface area contributed by atoms with Crippen LogP contribution >= 0.6 is 0 Å². The number of ether oxygens (including phenoxy) is 1. The normalized spacial score (nSPS) is 13.2. The molecule has 0 amide bonds. The van der Waals surface area contributed by atoms with Crippen molar-refractivity contribution in [3.8, 4) is 11.8 Å². The molecule has 1 atom stereocenters. The molecule has 1 aromatic carbocycles. The lowest BCUT2D eigenvalue weighted by Gasteiger charge is -2.15. The summed E-state index contributed by atoms with van der Waals surface area (Å²) in [7, 11) is 0. The van der Waals surface area contributed by atoms with Crippen LogP contribution in [0.5, 0.6) is 5.75 Å². The van der Waals surface area contributed by atoms with Gasteiger partial charge in [-0.25, -0.2) is 0 Å². The van der Waals surface area contributed by atoms with Crippen LogP contribution in [-0.2, 0) is 0 Å². The first-order valence-electron chi connectivity index (χ1n) is 5.53. The quantitative estimate of drug-likeness (QED) is 0.819. The van der Waals surface area contributed by atoms with Crippen molar-refractivity contribution < 1.29 is 17.9 Å². The molecule has 1 rings (SSSR count). The Labute approximate surface area is 104 Å². The third kappa shape index (κ3) is 3.95. The summed E-state index contributed by atoms with van der Waals surface area (Å²) in [6.07, 6.45) is -4.55. The molecule has 0 aliphatic carbocycles. The maximum Gasteiger partial charge on any atom is 0.407 e. The molecule has 0 heterocycles. The SMILES string of the molecule is CC(C)c1cccc(OCC(C#N)C(F)(F)F)c1. The first-order chi connectivity index (χ1) is 8.34. The van der Waals surface area contributed by atoms with Gasteiger partial charge in [-0.2, -0.15) is 18.4 Å². The molecule has 0 radical (unpaired) electrons. The zero-order valence-corrected chi connectivity index (χ0v) is 10.2. The van der Waals surface area contributed by atoms with Crippen molar-refractivity contribution in [1.82, 2.24) is 0 Å². The molecule has 5 heteroatoms. The number of nitrogens with zero attached hydrogens (tertiary/aromatic N) is 1. The predicted octanol–water partition coefficient (Wildman–Crippen LogP) is 3.89. The summed E-state index contributed by atoms with van der Waals surface area (Å²) in [5, 5.41) is 8.43. The summed E-state index contributed by atoms with van der Waals surface area (Å²) in [5.74, 6) is -1.48. The summed E-state index contributed by atoms with van der Waals surface area (Å²) in [5.41, 5.74) is 0.980. The molecule has 98 valence electrons. The van der Waals surface area contributed by atoms with Crippen LogP contribution < -0.4 is 4.74 Å². The minimum atomic E-state index is -4.55. The highest BCUT2D eigenvalue weighted by atomic mass is 19.4. The van der Waals surface area contributed by atoms with Gasteiger partial charge in [0.1, 0.15) is 12.4 Å². The number of hydrogen-bond acceptors (Lipinski definition) is 2. The molecule has 0 saturated heterocycles. The zero-order valence-electron chi connectivity index (χ0n) is 10.2. The van der Waals surface area contributed by atoms with E-state index in [0.29, 0.717) is 5.75 Å². The van der Waals surface area contributed by atoms with Crippen molar-refractivity contribution in [2.75, 3.05) is 6.61 Å². The standard InChI is InChI=1S/C13H14F3NO/c1-9(2)10-4-3-5-12(6-10)18-8-11(7-17)13(14,15)16/h3-6,9,11H,8H2,1-2H3. The molecule has 0 saturated carbocycles. The van der Waals surface area contributed by atoms with Crippen molar-refractivity contribution in [3.63, 3.8) is 0 Å². The molecule has 1 aromatic rings. The van der Waals surface area contributed by atoms with Crippen molar-refractivity contribution in [3.05, 3.63) is 29.8 Å². The Hall–Kier alpha value is -1.70. The van der Waals surface area contributed by atoms with E-state index in [1.54, 1.807) is 18.2 Å². The Morgan fingerprint density at radius 2 is 2.00 bits per heavy atom.